The van der Waals surface area contributed by atoms with Crippen LogP contribution >= 0.6 is 0 Å². The van der Waals surface area contributed by atoms with Crippen molar-refractivity contribution < 1.29 is 4.42 Å². The van der Waals surface area contributed by atoms with Crippen molar-refractivity contribution >= 4 is 11.0 Å². The van der Waals surface area contributed by atoms with Gasteiger partial charge in [-0.3, -0.25) is 4.98 Å². The van der Waals surface area contributed by atoms with E-state index in [1.807, 2.05) is 30.3 Å². The Labute approximate surface area is 105 Å². The SMILES string of the molecule is Cc1cccc2oc(-c3ccc(CN)cn3)cc12. The Morgan fingerprint density at radius 2 is 2.11 bits per heavy atom. The number of hydrogen-bond donors (Lipinski definition) is 1. The summed E-state index contributed by atoms with van der Waals surface area (Å²) in [4.78, 5) is 4.37. The first kappa shape index (κ1) is 11.0. The lowest BCUT2D eigenvalue weighted by Gasteiger charge is -1.97. The van der Waals surface area contributed by atoms with Crippen LogP contribution in [0.2, 0.25) is 0 Å². The lowest BCUT2D eigenvalue weighted by atomic mass is 10.1. The van der Waals surface area contributed by atoms with Crippen LogP contribution in [0, 0.1) is 6.92 Å². The molecule has 0 saturated heterocycles. The minimum absolute atomic E-state index is 0.506. The largest absolute Gasteiger partial charge is 0.454 e. The zero-order valence-electron chi connectivity index (χ0n) is 10.2. The molecule has 2 N–H and O–H groups in total. The maximum absolute atomic E-state index is 5.81. The highest BCUT2D eigenvalue weighted by molar-refractivity contribution is 5.85. The van der Waals surface area contributed by atoms with Crippen LogP contribution in [0.5, 0.6) is 0 Å². The van der Waals surface area contributed by atoms with Gasteiger partial charge in [0.15, 0.2) is 5.76 Å². The summed E-state index contributed by atoms with van der Waals surface area (Å²) in [5.41, 5.74) is 9.52. The van der Waals surface area contributed by atoms with Gasteiger partial charge in [-0.15, -0.1) is 0 Å². The van der Waals surface area contributed by atoms with Crippen molar-refractivity contribution in [1.82, 2.24) is 4.98 Å². The first-order chi connectivity index (χ1) is 8.78. The molecule has 0 spiro atoms. The van der Waals surface area contributed by atoms with Crippen LogP contribution in [0.4, 0.5) is 0 Å². The fourth-order valence-electron chi connectivity index (χ4n) is 2.02. The summed E-state index contributed by atoms with van der Waals surface area (Å²) in [6, 6.07) is 12.0. The van der Waals surface area contributed by atoms with Crippen molar-refractivity contribution in [1.29, 1.82) is 0 Å². The van der Waals surface area contributed by atoms with Crippen LogP contribution in [0.3, 0.4) is 0 Å². The normalized spacial score (nSPS) is 11.0. The summed E-state index contributed by atoms with van der Waals surface area (Å²) in [5.74, 6) is 0.794. The van der Waals surface area contributed by atoms with E-state index in [-0.39, 0.29) is 0 Å². The van der Waals surface area contributed by atoms with Crippen LogP contribution in [-0.4, -0.2) is 4.98 Å². The van der Waals surface area contributed by atoms with E-state index in [4.69, 9.17) is 10.2 Å². The van der Waals surface area contributed by atoms with Crippen molar-refractivity contribution in [2.45, 2.75) is 13.5 Å². The maximum atomic E-state index is 5.81. The zero-order valence-corrected chi connectivity index (χ0v) is 10.2. The van der Waals surface area contributed by atoms with Crippen LogP contribution < -0.4 is 5.73 Å². The number of benzene rings is 1. The standard InChI is InChI=1S/C15H14N2O/c1-10-3-2-4-14-12(10)7-15(18-14)13-6-5-11(8-16)9-17-13/h2-7,9H,8,16H2,1H3. The summed E-state index contributed by atoms with van der Waals surface area (Å²) in [5, 5.41) is 1.14. The summed E-state index contributed by atoms with van der Waals surface area (Å²) in [6.45, 7) is 2.58. The molecule has 2 aromatic heterocycles. The smallest absolute Gasteiger partial charge is 0.153 e. The third-order valence-electron chi connectivity index (χ3n) is 3.09. The third-order valence-corrected chi connectivity index (χ3v) is 3.09. The van der Waals surface area contributed by atoms with E-state index in [2.05, 4.69) is 18.0 Å². The molecule has 2 heterocycles. The molecule has 3 nitrogen and oxygen atoms in total. The molecule has 0 aliphatic heterocycles. The van der Waals surface area contributed by atoms with E-state index in [0.29, 0.717) is 6.54 Å². The molecular weight excluding hydrogens is 224 g/mol. The number of aromatic nitrogens is 1. The second-order valence-electron chi connectivity index (χ2n) is 4.35. The molecule has 3 rings (SSSR count). The monoisotopic (exact) mass is 238 g/mol. The Hall–Kier alpha value is -2.13. The highest BCUT2D eigenvalue weighted by atomic mass is 16.3. The van der Waals surface area contributed by atoms with Gasteiger partial charge in [-0.25, -0.2) is 0 Å². The molecule has 0 bridgehead atoms. The molecular formula is C15H14N2O. The van der Waals surface area contributed by atoms with Gasteiger partial charge in [0.1, 0.15) is 11.3 Å². The third kappa shape index (κ3) is 1.79. The Balaban J connectivity index is 2.10. The van der Waals surface area contributed by atoms with Crippen molar-refractivity contribution in [3.05, 3.63) is 53.7 Å². The van der Waals surface area contributed by atoms with Gasteiger partial charge in [-0.2, -0.15) is 0 Å². The zero-order chi connectivity index (χ0) is 12.5. The Morgan fingerprint density at radius 3 is 2.78 bits per heavy atom. The van der Waals surface area contributed by atoms with Crippen molar-refractivity contribution in [2.75, 3.05) is 0 Å². The van der Waals surface area contributed by atoms with E-state index < -0.39 is 0 Å². The van der Waals surface area contributed by atoms with Crippen molar-refractivity contribution in [2.24, 2.45) is 5.73 Å². The molecule has 1 aromatic carbocycles. The highest BCUT2D eigenvalue weighted by Crippen LogP contribution is 2.28. The quantitative estimate of drug-likeness (QED) is 0.745. The predicted molar refractivity (Wildman–Crippen MR) is 72.1 cm³/mol. The average Bonchev–Trinajstić information content (AvgIpc) is 2.84. The van der Waals surface area contributed by atoms with Crippen LogP contribution in [0.15, 0.2) is 47.0 Å². The second-order valence-corrected chi connectivity index (χ2v) is 4.35. The Kier molecular flexibility index (Phi) is 2.61. The van der Waals surface area contributed by atoms with E-state index in [0.717, 1.165) is 28.0 Å². The molecule has 90 valence electrons. The summed E-state index contributed by atoms with van der Waals surface area (Å²) in [6.07, 6.45) is 1.79. The molecule has 0 aliphatic carbocycles. The lowest BCUT2D eigenvalue weighted by molar-refractivity contribution is 0.628. The molecule has 3 aromatic rings. The number of pyridine rings is 1. The van der Waals surface area contributed by atoms with Gasteiger partial charge in [0.05, 0.1) is 0 Å². The molecule has 0 fully saturated rings. The number of aryl methyl sites for hydroxylation is 1. The molecule has 3 heteroatoms. The van der Waals surface area contributed by atoms with Crippen LogP contribution in [0.25, 0.3) is 22.4 Å². The second kappa shape index (κ2) is 4.27. The number of nitrogens with zero attached hydrogens (tertiary/aromatic N) is 1. The van der Waals surface area contributed by atoms with E-state index in [9.17, 15) is 0 Å². The number of rotatable bonds is 2. The molecule has 0 radical (unpaired) electrons. The summed E-state index contributed by atoms with van der Waals surface area (Å²) < 4.78 is 5.81. The first-order valence-corrected chi connectivity index (χ1v) is 5.92. The van der Waals surface area contributed by atoms with E-state index >= 15 is 0 Å². The lowest BCUT2D eigenvalue weighted by Crippen LogP contribution is -1.96. The first-order valence-electron chi connectivity index (χ1n) is 5.92. The van der Waals surface area contributed by atoms with Crippen LogP contribution in [-0.2, 0) is 6.54 Å². The van der Waals surface area contributed by atoms with Gasteiger partial charge in [-0.05, 0) is 36.2 Å². The van der Waals surface area contributed by atoms with Gasteiger partial charge in [0, 0.05) is 18.1 Å². The topological polar surface area (TPSA) is 52.0 Å². The number of nitrogens with two attached hydrogens (primary N) is 1. The van der Waals surface area contributed by atoms with Gasteiger partial charge < -0.3 is 10.2 Å². The molecule has 0 saturated carbocycles. The van der Waals surface area contributed by atoms with Gasteiger partial charge in [-0.1, -0.05) is 18.2 Å². The Bertz CT molecular complexity index is 683. The van der Waals surface area contributed by atoms with Crippen molar-refractivity contribution in [3.8, 4) is 11.5 Å². The summed E-state index contributed by atoms with van der Waals surface area (Å²) in [7, 11) is 0. The van der Waals surface area contributed by atoms with Crippen molar-refractivity contribution in [3.63, 3.8) is 0 Å². The van der Waals surface area contributed by atoms with E-state index in [1.54, 1.807) is 6.20 Å². The minimum atomic E-state index is 0.506. The molecule has 0 atom stereocenters. The molecule has 0 unspecified atom stereocenters. The summed E-state index contributed by atoms with van der Waals surface area (Å²) >= 11 is 0. The Morgan fingerprint density at radius 1 is 1.22 bits per heavy atom. The predicted octanol–water partition coefficient (Wildman–Crippen LogP) is 3.26. The minimum Gasteiger partial charge on any atom is -0.454 e. The fraction of sp³-hybridized carbons (Fsp3) is 0.133. The van der Waals surface area contributed by atoms with Gasteiger partial charge in [0.2, 0.25) is 0 Å². The fourth-order valence-corrected chi connectivity index (χ4v) is 2.02. The molecule has 0 amide bonds. The number of furan rings is 1. The number of fused-ring (bicyclic) bond motifs is 1. The van der Waals surface area contributed by atoms with Crippen LogP contribution in [0.1, 0.15) is 11.1 Å². The highest BCUT2D eigenvalue weighted by Gasteiger charge is 2.08. The number of hydrogen-bond acceptors (Lipinski definition) is 3. The van der Waals surface area contributed by atoms with E-state index in [1.165, 1.54) is 5.56 Å². The van der Waals surface area contributed by atoms with Gasteiger partial charge in [0.25, 0.3) is 0 Å². The average molecular weight is 238 g/mol. The van der Waals surface area contributed by atoms with Gasteiger partial charge >= 0.3 is 0 Å². The molecule has 18 heavy (non-hydrogen) atoms. The molecule has 0 aliphatic rings. The maximum Gasteiger partial charge on any atom is 0.153 e.